The Bertz CT molecular complexity index is 197. The van der Waals surface area contributed by atoms with Gasteiger partial charge in [0.2, 0.25) is 0 Å². The number of hydrogen-bond donors (Lipinski definition) is 1. The molecule has 0 saturated heterocycles. The highest BCUT2D eigenvalue weighted by molar-refractivity contribution is 5.82. The summed E-state index contributed by atoms with van der Waals surface area (Å²) in [4.78, 5) is 11.6. The lowest BCUT2D eigenvalue weighted by Gasteiger charge is -2.25. The monoisotopic (exact) mass is 211 g/mol. The molecule has 2 heteroatoms. The van der Waals surface area contributed by atoms with Gasteiger partial charge >= 0.3 is 0 Å². The van der Waals surface area contributed by atoms with E-state index in [-0.39, 0.29) is 11.8 Å². The van der Waals surface area contributed by atoms with Crippen LogP contribution >= 0.6 is 0 Å². The molecule has 0 radical (unpaired) electrons. The predicted molar refractivity (Wildman–Crippen MR) is 63.8 cm³/mol. The molecule has 1 rings (SSSR count). The zero-order valence-electron chi connectivity index (χ0n) is 10.4. The Balaban J connectivity index is 2.00. The zero-order chi connectivity index (χ0) is 11.3. The third kappa shape index (κ3) is 4.33. The smallest absolute Gasteiger partial charge is 0.139 e. The highest BCUT2D eigenvalue weighted by atomic mass is 16.1. The van der Waals surface area contributed by atoms with Crippen LogP contribution in [0.5, 0.6) is 0 Å². The average Bonchev–Trinajstić information content (AvgIpc) is 2.13. The van der Waals surface area contributed by atoms with Gasteiger partial charge < -0.3 is 5.32 Å². The summed E-state index contributed by atoms with van der Waals surface area (Å²) in [6.45, 7) is 7.92. The van der Waals surface area contributed by atoms with Crippen LogP contribution in [0.4, 0.5) is 0 Å². The number of ketones is 1. The Labute approximate surface area is 93.8 Å². The van der Waals surface area contributed by atoms with Gasteiger partial charge in [0.25, 0.3) is 0 Å². The maximum atomic E-state index is 11.6. The Kier molecular flexibility index (Phi) is 5.30. The average molecular weight is 211 g/mol. The molecule has 1 saturated carbocycles. The minimum atomic E-state index is 0.173. The lowest BCUT2D eigenvalue weighted by molar-refractivity contribution is -0.125. The van der Waals surface area contributed by atoms with E-state index in [0.717, 1.165) is 19.0 Å². The fourth-order valence-corrected chi connectivity index (χ4v) is 2.08. The molecule has 1 aliphatic rings. The molecule has 0 aliphatic heterocycles. The normalized spacial score (nSPS) is 18.9. The van der Waals surface area contributed by atoms with Crippen LogP contribution in [0.25, 0.3) is 0 Å². The van der Waals surface area contributed by atoms with Gasteiger partial charge in [-0.2, -0.15) is 0 Å². The number of carbonyl (C=O) groups excluding carboxylic acids is 1. The number of Topliss-reactive ketones (excluding diaryl/α,β-unsaturated/α-hetero) is 1. The van der Waals surface area contributed by atoms with Gasteiger partial charge in [0.15, 0.2) is 0 Å². The molecule has 0 heterocycles. The van der Waals surface area contributed by atoms with Gasteiger partial charge in [-0.25, -0.2) is 0 Å². The quantitative estimate of drug-likeness (QED) is 0.656. The van der Waals surface area contributed by atoms with E-state index < -0.39 is 0 Å². The molecule has 1 unspecified atom stereocenters. The molecule has 1 fully saturated rings. The Morgan fingerprint density at radius 1 is 1.33 bits per heavy atom. The second kappa shape index (κ2) is 6.26. The molecule has 2 nitrogen and oxygen atoms in total. The van der Waals surface area contributed by atoms with Crippen molar-refractivity contribution in [3.63, 3.8) is 0 Å². The summed E-state index contributed by atoms with van der Waals surface area (Å²) in [6.07, 6.45) is 5.56. The van der Waals surface area contributed by atoms with Crippen molar-refractivity contribution in [1.29, 1.82) is 0 Å². The van der Waals surface area contributed by atoms with Crippen LogP contribution in [0.1, 0.15) is 46.5 Å². The van der Waals surface area contributed by atoms with Crippen LogP contribution in [-0.4, -0.2) is 18.9 Å². The summed E-state index contributed by atoms with van der Waals surface area (Å²) in [5, 5.41) is 3.40. The fourth-order valence-electron chi connectivity index (χ4n) is 2.08. The minimum absolute atomic E-state index is 0.173. The lowest BCUT2D eigenvalue weighted by atomic mass is 9.83. The molecule has 15 heavy (non-hydrogen) atoms. The van der Waals surface area contributed by atoms with Crippen LogP contribution in [-0.2, 0) is 4.79 Å². The SMILES string of the molecule is CC(C)C(=O)C(C)CNCCC1CCC1. The van der Waals surface area contributed by atoms with E-state index in [1.165, 1.54) is 25.7 Å². The van der Waals surface area contributed by atoms with Crippen LogP contribution < -0.4 is 5.32 Å². The van der Waals surface area contributed by atoms with Gasteiger partial charge in [-0.05, 0) is 18.9 Å². The summed E-state index contributed by atoms with van der Waals surface area (Å²) < 4.78 is 0. The molecule has 0 bridgehead atoms. The maximum Gasteiger partial charge on any atom is 0.139 e. The van der Waals surface area contributed by atoms with E-state index in [4.69, 9.17) is 0 Å². The van der Waals surface area contributed by atoms with E-state index in [1.54, 1.807) is 0 Å². The highest BCUT2D eigenvalue weighted by Crippen LogP contribution is 2.28. The van der Waals surface area contributed by atoms with Crippen molar-refractivity contribution in [3.8, 4) is 0 Å². The van der Waals surface area contributed by atoms with Crippen molar-refractivity contribution >= 4 is 5.78 Å². The molecule has 1 aliphatic carbocycles. The summed E-state index contributed by atoms with van der Waals surface area (Å²) in [6, 6.07) is 0. The second-order valence-electron chi connectivity index (χ2n) is 5.25. The van der Waals surface area contributed by atoms with Crippen molar-refractivity contribution in [1.82, 2.24) is 5.32 Å². The van der Waals surface area contributed by atoms with Crippen molar-refractivity contribution < 1.29 is 4.79 Å². The molecule has 1 N–H and O–H groups in total. The summed E-state index contributed by atoms with van der Waals surface area (Å²) in [5.74, 6) is 1.69. The van der Waals surface area contributed by atoms with Crippen molar-refractivity contribution in [2.75, 3.05) is 13.1 Å². The summed E-state index contributed by atoms with van der Waals surface area (Å²) >= 11 is 0. The molecule has 0 aromatic rings. The molecule has 88 valence electrons. The highest BCUT2D eigenvalue weighted by Gasteiger charge is 2.18. The van der Waals surface area contributed by atoms with E-state index in [1.807, 2.05) is 20.8 Å². The number of nitrogens with one attached hydrogen (secondary N) is 1. The first-order chi connectivity index (χ1) is 7.11. The third-order valence-corrected chi connectivity index (χ3v) is 3.46. The molecule has 0 spiro atoms. The van der Waals surface area contributed by atoms with Gasteiger partial charge in [-0.3, -0.25) is 4.79 Å². The molecule has 0 amide bonds. The first-order valence-electron chi connectivity index (χ1n) is 6.35. The van der Waals surface area contributed by atoms with Crippen LogP contribution in [0.15, 0.2) is 0 Å². The largest absolute Gasteiger partial charge is 0.316 e. The second-order valence-corrected chi connectivity index (χ2v) is 5.25. The molecular formula is C13H25NO. The summed E-state index contributed by atoms with van der Waals surface area (Å²) in [7, 11) is 0. The van der Waals surface area contributed by atoms with Crippen molar-refractivity contribution in [2.45, 2.75) is 46.5 Å². The number of rotatable bonds is 7. The lowest BCUT2D eigenvalue weighted by Crippen LogP contribution is -2.30. The minimum Gasteiger partial charge on any atom is -0.316 e. The molecule has 1 atom stereocenters. The summed E-state index contributed by atoms with van der Waals surface area (Å²) in [5.41, 5.74) is 0. The molecular weight excluding hydrogens is 186 g/mol. The Hall–Kier alpha value is -0.370. The molecule has 0 aromatic heterocycles. The van der Waals surface area contributed by atoms with Gasteiger partial charge in [0, 0.05) is 18.4 Å². The number of carbonyl (C=O) groups is 1. The molecule has 0 aromatic carbocycles. The van der Waals surface area contributed by atoms with Crippen molar-refractivity contribution in [3.05, 3.63) is 0 Å². The van der Waals surface area contributed by atoms with Gasteiger partial charge in [0.05, 0.1) is 0 Å². The third-order valence-electron chi connectivity index (χ3n) is 3.46. The van der Waals surface area contributed by atoms with Crippen molar-refractivity contribution in [2.24, 2.45) is 17.8 Å². The maximum absolute atomic E-state index is 11.6. The first-order valence-corrected chi connectivity index (χ1v) is 6.35. The number of hydrogen-bond acceptors (Lipinski definition) is 2. The Morgan fingerprint density at radius 2 is 2.00 bits per heavy atom. The van der Waals surface area contributed by atoms with E-state index in [9.17, 15) is 4.79 Å². The van der Waals surface area contributed by atoms with Gasteiger partial charge in [-0.1, -0.05) is 40.0 Å². The van der Waals surface area contributed by atoms with Gasteiger partial charge in [-0.15, -0.1) is 0 Å². The topological polar surface area (TPSA) is 29.1 Å². The standard InChI is InChI=1S/C13H25NO/c1-10(2)13(15)11(3)9-14-8-7-12-5-4-6-12/h10-12,14H,4-9H2,1-3H3. The predicted octanol–water partition coefficient (Wildman–Crippen LogP) is 2.63. The van der Waals surface area contributed by atoms with E-state index in [2.05, 4.69) is 5.32 Å². The Morgan fingerprint density at radius 3 is 2.47 bits per heavy atom. The van der Waals surface area contributed by atoms with E-state index >= 15 is 0 Å². The van der Waals surface area contributed by atoms with Crippen LogP contribution in [0.3, 0.4) is 0 Å². The fraction of sp³-hybridized carbons (Fsp3) is 0.923. The van der Waals surface area contributed by atoms with Crippen LogP contribution in [0.2, 0.25) is 0 Å². The van der Waals surface area contributed by atoms with Crippen LogP contribution in [0, 0.1) is 17.8 Å². The zero-order valence-corrected chi connectivity index (χ0v) is 10.4. The first kappa shape index (κ1) is 12.7. The van der Waals surface area contributed by atoms with E-state index in [0.29, 0.717) is 5.78 Å². The van der Waals surface area contributed by atoms with Gasteiger partial charge in [0.1, 0.15) is 5.78 Å².